The van der Waals surface area contributed by atoms with Gasteiger partial charge in [-0.05, 0) is 53.8 Å². The second-order valence-corrected chi connectivity index (χ2v) is 10.5. The van der Waals surface area contributed by atoms with Crippen LogP contribution in [0.2, 0.25) is 0 Å². The van der Waals surface area contributed by atoms with Crippen molar-refractivity contribution in [3.05, 3.63) is 82.6 Å². The van der Waals surface area contributed by atoms with E-state index < -0.39 is 59.1 Å². The highest BCUT2D eigenvalue weighted by Gasteiger charge is 2.44. The number of benzene rings is 2. The number of alkyl halides is 2. The Kier molecular flexibility index (Phi) is 8.38. The number of carbonyl (C=O) groups excluding carboxylic acids is 1. The van der Waals surface area contributed by atoms with Gasteiger partial charge in [0.15, 0.2) is 0 Å². The highest BCUT2D eigenvalue weighted by atomic mass is 127. The molecular weight excluding hydrogens is 630 g/mol. The van der Waals surface area contributed by atoms with E-state index in [9.17, 15) is 23.1 Å². The fraction of sp³-hybridized carbons (Fsp3) is 0.320. The molecule has 1 heterocycles. The molecule has 0 fully saturated rings. The zero-order valence-electron chi connectivity index (χ0n) is 19.4. The lowest BCUT2D eigenvalue weighted by Gasteiger charge is -2.43. The van der Waals surface area contributed by atoms with Crippen LogP contribution in [-0.4, -0.2) is 40.3 Å². The molecule has 0 saturated heterocycles. The third-order valence-electron chi connectivity index (χ3n) is 6.26. The number of ether oxygens (including phenoxy) is 1. The summed E-state index contributed by atoms with van der Waals surface area (Å²) in [6.45, 7) is 0.739. The molecule has 37 heavy (non-hydrogen) atoms. The molecule has 2 aliphatic rings. The Labute approximate surface area is 227 Å². The lowest BCUT2D eigenvalue weighted by Crippen LogP contribution is -2.49. The van der Waals surface area contributed by atoms with Crippen LogP contribution < -0.4 is 10.2 Å². The first kappa shape index (κ1) is 27.7. The van der Waals surface area contributed by atoms with Crippen LogP contribution in [0.15, 0.2) is 59.0 Å². The molecule has 0 aromatic heterocycles. The number of amides is 1. The Hall–Kier alpha value is -2.32. The number of aliphatic hydroxyl groups is 1. The highest BCUT2D eigenvalue weighted by Crippen LogP contribution is 2.44. The summed E-state index contributed by atoms with van der Waals surface area (Å²) >= 11 is 3.18. The lowest BCUT2D eigenvalue weighted by molar-refractivity contribution is 0.0950. The van der Waals surface area contributed by atoms with E-state index in [0.717, 1.165) is 6.08 Å². The Bertz CT molecular complexity index is 1250. The van der Waals surface area contributed by atoms with Crippen molar-refractivity contribution in [2.24, 2.45) is 5.41 Å². The molecule has 12 heteroatoms. The number of nitrogens with zero attached hydrogens (tertiary/aromatic N) is 1. The highest BCUT2D eigenvalue weighted by molar-refractivity contribution is 14.1. The van der Waals surface area contributed by atoms with E-state index in [1.54, 1.807) is 6.07 Å². The molecule has 3 unspecified atom stereocenters. The van der Waals surface area contributed by atoms with Gasteiger partial charge in [-0.1, -0.05) is 0 Å². The number of anilines is 1. The van der Waals surface area contributed by atoms with Gasteiger partial charge in [-0.25, -0.2) is 22.0 Å². The van der Waals surface area contributed by atoms with Crippen LogP contribution in [0.3, 0.4) is 0 Å². The monoisotopic (exact) mass is 652 g/mol. The average molecular weight is 652 g/mol. The quantitative estimate of drug-likeness (QED) is 0.226. The second-order valence-electron chi connectivity index (χ2n) is 8.77. The van der Waals surface area contributed by atoms with E-state index in [0.29, 0.717) is 22.7 Å². The van der Waals surface area contributed by atoms with Crippen molar-refractivity contribution in [1.29, 1.82) is 0 Å². The number of halogens is 6. The fourth-order valence-corrected chi connectivity index (χ4v) is 5.50. The number of allylic oxidation sites excluding steroid dienone is 2. The molecule has 2 N–H and O–H groups in total. The van der Waals surface area contributed by atoms with Crippen LogP contribution in [-0.2, 0) is 11.3 Å². The maximum Gasteiger partial charge on any atom is 0.251 e. The van der Waals surface area contributed by atoms with Gasteiger partial charge in [-0.3, -0.25) is 4.79 Å². The second kappa shape index (κ2) is 11.2. The van der Waals surface area contributed by atoms with Crippen LogP contribution in [0.25, 0.3) is 0 Å². The molecule has 0 radical (unpaired) electrons. The third-order valence-corrected chi connectivity index (χ3v) is 7.68. The minimum absolute atomic E-state index is 0.100. The van der Waals surface area contributed by atoms with Crippen molar-refractivity contribution in [3.8, 4) is 0 Å². The molecule has 2 aromatic carbocycles. The summed E-state index contributed by atoms with van der Waals surface area (Å²) in [5.41, 5.74) is -1.41. The Balaban J connectivity index is 1.52. The van der Waals surface area contributed by atoms with E-state index in [4.69, 9.17) is 4.74 Å². The molecule has 4 rings (SSSR count). The largest absolute Gasteiger partial charge is 0.483 e. The van der Waals surface area contributed by atoms with Gasteiger partial charge in [-0.15, -0.1) is 11.8 Å². The molecule has 198 valence electrons. The van der Waals surface area contributed by atoms with Gasteiger partial charge in [0.05, 0.1) is 11.1 Å². The first-order valence-electron chi connectivity index (χ1n) is 11.1. The maximum atomic E-state index is 15.1. The predicted molar refractivity (Wildman–Crippen MR) is 138 cm³/mol. The number of thioether (sulfide) groups is 1. The predicted octanol–water partition coefficient (Wildman–Crippen LogP) is 5.77. The van der Waals surface area contributed by atoms with Crippen molar-refractivity contribution >= 4 is 45.9 Å². The normalized spacial score (nSPS) is 23.2. The van der Waals surface area contributed by atoms with Crippen LogP contribution in [0.5, 0.6) is 0 Å². The number of carbonyl (C=O) groups is 1. The number of fused-ring (bicyclic) bond motifs is 1. The van der Waals surface area contributed by atoms with E-state index >= 15 is 8.78 Å². The van der Waals surface area contributed by atoms with E-state index in [1.165, 1.54) is 41.8 Å². The fourth-order valence-electron chi connectivity index (χ4n) is 4.09. The van der Waals surface area contributed by atoms with E-state index in [1.807, 2.05) is 22.6 Å². The maximum absolute atomic E-state index is 15.1. The smallest absolute Gasteiger partial charge is 0.251 e. The van der Waals surface area contributed by atoms with Gasteiger partial charge in [0.1, 0.15) is 46.1 Å². The number of hydrogen-bond acceptors (Lipinski definition) is 5. The van der Waals surface area contributed by atoms with Gasteiger partial charge in [0, 0.05) is 53.1 Å². The van der Waals surface area contributed by atoms with Crippen LogP contribution >= 0.6 is 34.4 Å². The van der Waals surface area contributed by atoms with Crippen LogP contribution in [0.4, 0.5) is 27.6 Å². The molecule has 1 aliphatic carbocycles. The van der Waals surface area contributed by atoms with Crippen LogP contribution in [0.1, 0.15) is 22.8 Å². The van der Waals surface area contributed by atoms with Gasteiger partial charge in [0.25, 0.3) is 5.91 Å². The van der Waals surface area contributed by atoms with Gasteiger partial charge < -0.3 is 20.1 Å². The lowest BCUT2D eigenvalue weighted by atomic mass is 9.79. The summed E-state index contributed by atoms with van der Waals surface area (Å²) in [5, 5.41) is 13.1. The number of hydrogen-bond donors (Lipinski definition) is 2. The summed E-state index contributed by atoms with van der Waals surface area (Å²) < 4.78 is 76.5. The van der Waals surface area contributed by atoms with E-state index in [2.05, 4.69) is 5.32 Å². The summed E-state index contributed by atoms with van der Waals surface area (Å²) in [4.78, 5) is 14.7. The van der Waals surface area contributed by atoms with Crippen molar-refractivity contribution in [2.45, 2.75) is 30.8 Å². The third kappa shape index (κ3) is 5.75. The molecular formula is C25H22F5IN2O3S. The molecule has 0 spiro atoms. The minimum Gasteiger partial charge on any atom is -0.483 e. The molecule has 1 amide bonds. The Morgan fingerprint density at radius 1 is 1.24 bits per heavy atom. The summed E-state index contributed by atoms with van der Waals surface area (Å²) in [6.07, 6.45) is -0.401. The zero-order chi connectivity index (χ0) is 26.9. The van der Waals surface area contributed by atoms with Crippen molar-refractivity contribution in [2.75, 3.05) is 21.8 Å². The summed E-state index contributed by atoms with van der Waals surface area (Å²) in [6, 6.07) is 5.56. The zero-order valence-corrected chi connectivity index (χ0v) is 22.4. The van der Waals surface area contributed by atoms with Crippen molar-refractivity contribution in [1.82, 2.24) is 5.32 Å². The van der Waals surface area contributed by atoms with Gasteiger partial charge in [-0.2, -0.15) is 0 Å². The molecule has 0 bridgehead atoms. The number of aliphatic hydroxyl groups excluding tert-OH is 1. The summed E-state index contributed by atoms with van der Waals surface area (Å²) in [5.74, 6) is -4.36. The average Bonchev–Trinajstić information content (AvgIpc) is 2.83. The SMILES string of the molecule is CC1(CN2c3ccc(C(=O)NCc4c(F)cc(F)cc4F)cc3SCC2O)C(F)=CC(OCI)=CC1F. The standard InChI is InChI=1S/C25H22F5IN2O3S/c1-25(21(29)7-15(36-12-31)8-22(25)30)11-33-19-3-2-13(4-20(19)37-10-23(33)34)24(35)32-9-16-17(27)5-14(26)6-18(16)28/h2-8,21,23,34H,9-12H2,1H3,(H,32,35). The minimum atomic E-state index is -1.71. The van der Waals surface area contributed by atoms with Crippen LogP contribution in [0, 0.1) is 22.9 Å². The molecule has 2 aromatic rings. The number of rotatable bonds is 7. The van der Waals surface area contributed by atoms with Gasteiger partial charge >= 0.3 is 0 Å². The molecule has 0 saturated carbocycles. The van der Waals surface area contributed by atoms with Gasteiger partial charge in [0.2, 0.25) is 0 Å². The molecule has 3 atom stereocenters. The first-order valence-corrected chi connectivity index (χ1v) is 13.6. The van der Waals surface area contributed by atoms with E-state index in [-0.39, 0.29) is 28.2 Å². The topological polar surface area (TPSA) is 61.8 Å². The Morgan fingerprint density at radius 2 is 1.95 bits per heavy atom. The molecule has 5 nitrogen and oxygen atoms in total. The summed E-state index contributed by atoms with van der Waals surface area (Å²) in [7, 11) is 0. The van der Waals surface area contributed by atoms with Crippen molar-refractivity contribution in [3.63, 3.8) is 0 Å². The number of nitrogens with one attached hydrogen (secondary N) is 1. The van der Waals surface area contributed by atoms with Crippen molar-refractivity contribution < 1.29 is 36.6 Å². The molecule has 1 aliphatic heterocycles. The Morgan fingerprint density at radius 3 is 2.59 bits per heavy atom. The first-order chi connectivity index (χ1) is 17.5.